The summed E-state index contributed by atoms with van der Waals surface area (Å²) < 4.78 is 78.8. The van der Waals surface area contributed by atoms with Gasteiger partial charge < -0.3 is 29.7 Å². The number of fused-ring (bicyclic) bond motifs is 2. The first kappa shape index (κ1) is 53.9. The molecule has 0 bridgehead atoms. The fourth-order valence-corrected chi connectivity index (χ4v) is 7.99. The number of allylic oxidation sites excluding steroid dienone is 2. The molecular formula is C48H51N7O12S3. The van der Waals surface area contributed by atoms with Crippen molar-refractivity contribution in [3.05, 3.63) is 120 Å². The molecular weight excluding hydrogens is 963 g/mol. The SMILES string of the molecule is C/C=C(\C=C/CO)N=Nc1ccc2c(C)c(N=Nc3cc(OCC)c(N=Nc4ccc(C=O)cc4OC)cc3O)c(S)cc2c1.CNc1ccc2cc(S(=O)(=O)O)cc(OCCCCS(=O)(=O)O)c2c1. The maximum atomic E-state index is 11.4. The first-order valence-corrected chi connectivity index (χ1v) is 24.8. The van der Waals surface area contributed by atoms with Crippen molar-refractivity contribution in [1.29, 1.82) is 0 Å². The predicted octanol–water partition coefficient (Wildman–Crippen LogP) is 11.9. The summed E-state index contributed by atoms with van der Waals surface area (Å²) in [5.41, 5.74) is 4.74. The number of anilines is 1. The third-order valence-electron chi connectivity index (χ3n) is 10.0. The van der Waals surface area contributed by atoms with Crippen molar-refractivity contribution < 1.29 is 55.2 Å². The molecule has 19 nitrogen and oxygen atoms in total. The molecule has 0 spiro atoms. The number of methoxy groups -OCH3 is 1. The lowest BCUT2D eigenvalue weighted by Gasteiger charge is -2.12. The highest BCUT2D eigenvalue weighted by Gasteiger charge is 2.17. The maximum absolute atomic E-state index is 11.4. The summed E-state index contributed by atoms with van der Waals surface area (Å²) in [6.07, 6.45) is 6.35. The van der Waals surface area contributed by atoms with Crippen molar-refractivity contribution in [1.82, 2.24) is 0 Å². The van der Waals surface area contributed by atoms with Crippen LogP contribution in [0.3, 0.4) is 0 Å². The molecule has 0 atom stereocenters. The third-order valence-corrected chi connectivity index (χ3v) is 12.0. The van der Waals surface area contributed by atoms with Crippen LogP contribution in [0.5, 0.6) is 23.0 Å². The number of carbonyl (C=O) groups excluding carboxylic acids is 1. The Hall–Kier alpha value is -7.08. The second-order valence-electron chi connectivity index (χ2n) is 14.9. The quantitative estimate of drug-likeness (QED) is 0.0104. The Kier molecular flexibility index (Phi) is 19.2. The average Bonchev–Trinajstić information content (AvgIpc) is 3.33. The number of thiol groups is 1. The molecule has 0 saturated heterocycles. The lowest BCUT2D eigenvalue weighted by Crippen LogP contribution is -2.07. The van der Waals surface area contributed by atoms with Gasteiger partial charge in [0.1, 0.15) is 52.0 Å². The van der Waals surface area contributed by atoms with Gasteiger partial charge in [-0.15, -0.1) is 33.1 Å². The van der Waals surface area contributed by atoms with Crippen LogP contribution >= 0.6 is 12.6 Å². The standard InChI is InChI=1S/C33H32N6O5S.C15H19NO7S2/c1-5-23(8-7-13-40)34-35-24-10-11-25-20(3)33(32(45)16-22(25)15-24)39-37-27-18-31(44-6-2)28(17-29(27)42)38-36-26-12-9-21(19-41)14-30(26)43-4;1-16-12-5-4-11-8-13(25(20,21)22)10-15(14(11)9-12)23-6-2-3-7-24(17,18)19/h5,7-12,14-19,40,42,45H,6,13H2,1-4H3;4-5,8-10,16H,2-3,6-7H2,1H3,(H,17,18,19)(H,20,21,22)/b8-7-,23-5+,35-34?,38-36?,39-37?;. The fraction of sp³-hybridized carbons (Fsp3) is 0.229. The number of aromatic hydroxyl groups is 1. The number of aliphatic hydroxyl groups excluding tert-OH is 1. The van der Waals surface area contributed by atoms with Gasteiger partial charge in [-0.05, 0) is 116 Å². The van der Waals surface area contributed by atoms with E-state index in [-0.39, 0.29) is 53.2 Å². The van der Waals surface area contributed by atoms with Gasteiger partial charge in [-0.3, -0.25) is 13.9 Å². The summed E-state index contributed by atoms with van der Waals surface area (Å²) in [5, 5.41) is 51.5. The summed E-state index contributed by atoms with van der Waals surface area (Å²) in [7, 11) is -5.20. The van der Waals surface area contributed by atoms with Crippen LogP contribution in [-0.2, 0) is 20.2 Å². The molecule has 368 valence electrons. The number of phenolic OH excluding ortho intramolecular Hbond substituents is 1. The van der Waals surface area contributed by atoms with Crippen LogP contribution in [0, 0.1) is 6.92 Å². The Bertz CT molecular complexity index is 3250. The van der Waals surface area contributed by atoms with E-state index in [1.54, 1.807) is 61.7 Å². The van der Waals surface area contributed by atoms with E-state index < -0.39 is 20.2 Å². The monoisotopic (exact) mass is 1010 g/mol. The number of benzene rings is 6. The molecule has 0 heterocycles. The molecule has 0 saturated carbocycles. The van der Waals surface area contributed by atoms with E-state index in [0.29, 0.717) is 74.8 Å². The van der Waals surface area contributed by atoms with Crippen molar-refractivity contribution in [3.63, 3.8) is 0 Å². The number of nitrogens with one attached hydrogen (secondary N) is 1. The van der Waals surface area contributed by atoms with Crippen LogP contribution in [0.4, 0.5) is 34.1 Å². The van der Waals surface area contributed by atoms with E-state index in [0.717, 1.165) is 22.0 Å². The Morgan fingerprint density at radius 2 is 1.54 bits per heavy atom. The number of hydrogen-bond acceptors (Lipinski definition) is 18. The molecule has 0 unspecified atom stereocenters. The smallest absolute Gasteiger partial charge is 0.294 e. The van der Waals surface area contributed by atoms with Crippen LogP contribution in [0.2, 0.25) is 0 Å². The molecule has 0 aliphatic carbocycles. The second kappa shape index (κ2) is 25.0. The summed E-state index contributed by atoms with van der Waals surface area (Å²) in [4.78, 5) is 11.4. The minimum Gasteiger partial charge on any atom is -0.506 e. The highest BCUT2D eigenvalue weighted by molar-refractivity contribution is 7.86. The molecule has 6 rings (SSSR count). The van der Waals surface area contributed by atoms with E-state index in [1.165, 1.54) is 31.4 Å². The number of phenols is 1. The highest BCUT2D eigenvalue weighted by atomic mass is 32.2. The van der Waals surface area contributed by atoms with Gasteiger partial charge in [0.15, 0.2) is 0 Å². The molecule has 70 heavy (non-hydrogen) atoms. The third kappa shape index (κ3) is 15.0. The minimum absolute atomic E-state index is 0.0759. The number of aryl methyl sites for hydroxylation is 1. The molecule has 0 amide bonds. The molecule has 0 fully saturated rings. The van der Waals surface area contributed by atoms with Gasteiger partial charge >= 0.3 is 0 Å². The number of hydrogen-bond donors (Lipinski definition) is 6. The fourth-order valence-electron chi connectivity index (χ4n) is 6.54. The number of unbranched alkanes of at least 4 members (excludes halogenated alkanes) is 1. The van der Waals surface area contributed by atoms with Gasteiger partial charge in [-0.2, -0.15) is 27.1 Å². The van der Waals surface area contributed by atoms with Gasteiger partial charge in [-0.1, -0.05) is 24.3 Å². The molecule has 6 aromatic rings. The van der Waals surface area contributed by atoms with Crippen molar-refractivity contribution in [2.45, 2.75) is 43.4 Å². The van der Waals surface area contributed by atoms with Crippen LogP contribution in [0.15, 0.2) is 149 Å². The Labute approximate surface area is 410 Å². The first-order valence-electron chi connectivity index (χ1n) is 21.3. The van der Waals surface area contributed by atoms with E-state index in [2.05, 4.69) is 48.6 Å². The van der Waals surface area contributed by atoms with Crippen molar-refractivity contribution >= 4 is 94.8 Å². The Morgan fingerprint density at radius 3 is 2.21 bits per heavy atom. The van der Waals surface area contributed by atoms with Crippen molar-refractivity contribution in [2.75, 3.05) is 45.0 Å². The number of aldehydes is 1. The van der Waals surface area contributed by atoms with Crippen LogP contribution < -0.4 is 19.5 Å². The molecule has 5 N–H and O–H groups in total. The lowest BCUT2D eigenvalue weighted by molar-refractivity contribution is 0.112. The highest BCUT2D eigenvalue weighted by Crippen LogP contribution is 2.43. The van der Waals surface area contributed by atoms with Crippen LogP contribution in [0.1, 0.15) is 42.6 Å². The zero-order valence-corrected chi connectivity index (χ0v) is 41.2. The zero-order chi connectivity index (χ0) is 51.0. The largest absolute Gasteiger partial charge is 0.506 e. The van der Waals surface area contributed by atoms with Gasteiger partial charge in [0, 0.05) is 46.8 Å². The molecule has 0 radical (unpaired) electrons. The predicted molar refractivity (Wildman–Crippen MR) is 271 cm³/mol. The Balaban J connectivity index is 0.000000308. The normalized spacial score (nSPS) is 12.3. The number of azo groups is 3. The van der Waals surface area contributed by atoms with E-state index >= 15 is 0 Å². The number of ether oxygens (including phenoxy) is 3. The summed E-state index contributed by atoms with van der Waals surface area (Å²) in [6, 6.07) is 23.0. The molecule has 0 aliphatic heterocycles. The first-order chi connectivity index (χ1) is 33.4. The Morgan fingerprint density at radius 1 is 0.786 bits per heavy atom. The van der Waals surface area contributed by atoms with Gasteiger partial charge in [-0.25, -0.2) is 0 Å². The van der Waals surface area contributed by atoms with E-state index in [4.69, 9.17) is 23.9 Å². The van der Waals surface area contributed by atoms with Gasteiger partial charge in [0.2, 0.25) is 0 Å². The van der Waals surface area contributed by atoms with E-state index in [1.807, 2.05) is 45.0 Å². The lowest BCUT2D eigenvalue weighted by atomic mass is 10.0. The maximum Gasteiger partial charge on any atom is 0.294 e. The summed E-state index contributed by atoms with van der Waals surface area (Å²) >= 11 is 4.66. The van der Waals surface area contributed by atoms with Crippen LogP contribution in [0.25, 0.3) is 21.5 Å². The van der Waals surface area contributed by atoms with Gasteiger partial charge in [0.05, 0.1) is 49.0 Å². The second-order valence-corrected chi connectivity index (χ2v) is 18.4. The number of aliphatic hydroxyl groups is 1. The number of carbonyl (C=O) groups is 1. The molecule has 6 aromatic carbocycles. The van der Waals surface area contributed by atoms with Gasteiger partial charge in [0.25, 0.3) is 20.2 Å². The van der Waals surface area contributed by atoms with E-state index in [9.17, 15) is 31.3 Å². The molecule has 22 heteroatoms. The summed E-state index contributed by atoms with van der Waals surface area (Å²) in [5.74, 6) is 0.426. The minimum atomic E-state index is -4.40. The molecule has 0 aromatic heterocycles. The number of nitrogens with zero attached hydrogens (tertiary/aromatic N) is 6. The van der Waals surface area contributed by atoms with Crippen LogP contribution in [-0.4, -0.2) is 82.2 Å². The summed E-state index contributed by atoms with van der Waals surface area (Å²) in [6.45, 7) is 5.97. The molecule has 0 aliphatic rings. The number of rotatable bonds is 20. The topological polar surface area (TPSA) is 280 Å². The zero-order valence-electron chi connectivity index (χ0n) is 38.6. The average molecular weight is 1010 g/mol. The van der Waals surface area contributed by atoms with Crippen molar-refractivity contribution in [3.8, 4) is 23.0 Å². The van der Waals surface area contributed by atoms with Crippen molar-refractivity contribution in [2.24, 2.45) is 30.7 Å².